The average Bonchev–Trinajstić information content (AvgIpc) is 3.53. The highest BCUT2D eigenvalue weighted by molar-refractivity contribution is 5.97. The third-order valence-electron chi connectivity index (χ3n) is 7.03. The van der Waals surface area contributed by atoms with E-state index in [-0.39, 0.29) is 48.0 Å². The quantitative estimate of drug-likeness (QED) is 0.0693. The lowest BCUT2D eigenvalue weighted by atomic mass is 10.1. The zero-order valence-corrected chi connectivity index (χ0v) is 26.5. The number of benzene rings is 1. The Balaban J connectivity index is 1.13. The Hall–Kier alpha value is -5.49. The van der Waals surface area contributed by atoms with Crippen LogP contribution in [0.1, 0.15) is 47.4 Å². The topological polar surface area (TPSA) is 254 Å². The number of nitrogen functional groups attached to an aromatic ring is 1. The van der Waals surface area contributed by atoms with E-state index < -0.39 is 23.5 Å². The van der Waals surface area contributed by atoms with Gasteiger partial charge in [0.2, 0.25) is 11.9 Å². The van der Waals surface area contributed by atoms with Gasteiger partial charge in [0.1, 0.15) is 6.04 Å². The predicted molar refractivity (Wildman–Crippen MR) is 173 cm³/mol. The van der Waals surface area contributed by atoms with E-state index >= 15 is 0 Å². The minimum absolute atomic E-state index is 0.0499. The first kappa shape index (κ1) is 35.4. The summed E-state index contributed by atoms with van der Waals surface area (Å²) in [5, 5.41) is 26.2. The van der Waals surface area contributed by atoms with Crippen molar-refractivity contribution < 1.29 is 29.0 Å². The van der Waals surface area contributed by atoms with Crippen LogP contribution in [0.4, 0.5) is 11.6 Å². The van der Waals surface area contributed by atoms with Crippen LogP contribution < -0.4 is 27.2 Å². The van der Waals surface area contributed by atoms with Crippen LogP contribution in [-0.2, 0) is 38.6 Å². The SMILES string of the molecule is COCCOCCn1cc(CCCCNC(=O)CC[C@H](NC(=O)c2ccc(NCc3cnc4nc(N)[nH]c(=O)c4n3)cc2)C(=O)O)nn1. The Morgan fingerprint density at radius 3 is 2.67 bits per heavy atom. The van der Waals surface area contributed by atoms with Gasteiger partial charge in [0.05, 0.1) is 50.5 Å². The van der Waals surface area contributed by atoms with Crippen LogP contribution in [0.5, 0.6) is 0 Å². The molecular weight excluding hydrogens is 626 g/mol. The van der Waals surface area contributed by atoms with E-state index in [4.69, 9.17) is 15.2 Å². The van der Waals surface area contributed by atoms with E-state index in [1.54, 1.807) is 23.9 Å². The van der Waals surface area contributed by atoms with Crippen LogP contribution >= 0.6 is 0 Å². The number of ether oxygens (including phenoxy) is 2. The molecule has 7 N–H and O–H groups in total. The van der Waals surface area contributed by atoms with Crippen molar-refractivity contribution in [2.24, 2.45) is 0 Å². The molecule has 1 atom stereocenters. The Morgan fingerprint density at radius 1 is 1.08 bits per heavy atom. The summed E-state index contributed by atoms with van der Waals surface area (Å²) in [6.07, 6.45) is 5.42. The van der Waals surface area contributed by atoms with E-state index in [1.165, 1.54) is 18.3 Å². The van der Waals surface area contributed by atoms with Gasteiger partial charge in [-0.25, -0.2) is 19.4 Å². The van der Waals surface area contributed by atoms with E-state index in [1.807, 2.05) is 6.20 Å². The number of aryl methyl sites for hydroxylation is 1. The lowest BCUT2D eigenvalue weighted by molar-refractivity contribution is -0.139. The number of methoxy groups -OCH3 is 1. The molecule has 0 aliphatic heterocycles. The number of hydrogen-bond donors (Lipinski definition) is 6. The third kappa shape index (κ3) is 11.1. The first-order chi connectivity index (χ1) is 23.2. The molecule has 0 saturated heterocycles. The number of carboxylic acids is 1. The number of carboxylic acid groups (broad SMARTS) is 1. The number of nitrogens with zero attached hydrogens (tertiary/aromatic N) is 6. The number of carbonyl (C=O) groups excluding carboxylic acids is 2. The van der Waals surface area contributed by atoms with Crippen molar-refractivity contribution in [1.29, 1.82) is 0 Å². The van der Waals surface area contributed by atoms with Gasteiger partial charge in [0, 0.05) is 37.5 Å². The van der Waals surface area contributed by atoms with E-state index in [2.05, 4.69) is 46.2 Å². The fraction of sp³-hybridized carbons (Fsp3) is 0.433. The first-order valence-corrected chi connectivity index (χ1v) is 15.3. The molecule has 4 aromatic rings. The monoisotopic (exact) mass is 665 g/mol. The summed E-state index contributed by atoms with van der Waals surface area (Å²) in [6, 6.07) is 5.11. The molecule has 3 heterocycles. The second-order valence-corrected chi connectivity index (χ2v) is 10.7. The fourth-order valence-corrected chi connectivity index (χ4v) is 4.47. The number of nitrogens with one attached hydrogen (secondary N) is 4. The Morgan fingerprint density at radius 2 is 1.90 bits per heavy atom. The van der Waals surface area contributed by atoms with Crippen molar-refractivity contribution >= 4 is 40.6 Å². The molecule has 0 spiro atoms. The van der Waals surface area contributed by atoms with Gasteiger partial charge in [-0.05, 0) is 49.9 Å². The standard InChI is InChI=1S/C30H39N11O7/c1-47-14-15-48-13-12-41-18-21(39-40-41)4-2-3-11-32-24(42)10-9-23(29(45)46)36-27(43)19-5-7-20(8-6-19)33-16-22-17-34-26-25(35-22)28(44)38-30(31)37-26/h5-8,17-18,23,33H,2-4,9-16H2,1H3,(H,32,42)(H,36,43)(H,45,46)(H3,31,34,37,38,44)/t23-/m0/s1. The van der Waals surface area contributed by atoms with Crippen LogP contribution in [0.3, 0.4) is 0 Å². The van der Waals surface area contributed by atoms with Crippen molar-refractivity contribution in [1.82, 2.24) is 45.6 Å². The number of H-pyrrole nitrogens is 1. The number of hydrogen-bond acceptors (Lipinski definition) is 13. The normalized spacial score (nSPS) is 11.7. The maximum absolute atomic E-state index is 12.7. The van der Waals surface area contributed by atoms with Gasteiger partial charge in [-0.3, -0.25) is 19.4 Å². The van der Waals surface area contributed by atoms with Crippen molar-refractivity contribution in [2.75, 3.05) is 44.5 Å². The van der Waals surface area contributed by atoms with Crippen LogP contribution in [0, 0.1) is 0 Å². The van der Waals surface area contributed by atoms with Gasteiger partial charge < -0.3 is 36.3 Å². The number of anilines is 2. The van der Waals surface area contributed by atoms with Crippen molar-refractivity contribution in [3.63, 3.8) is 0 Å². The lowest BCUT2D eigenvalue weighted by Crippen LogP contribution is -2.41. The minimum Gasteiger partial charge on any atom is -0.480 e. The van der Waals surface area contributed by atoms with Crippen molar-refractivity contribution in [3.05, 3.63) is 64.0 Å². The zero-order chi connectivity index (χ0) is 34.3. The molecule has 0 radical (unpaired) electrons. The Kier molecular flexibility index (Phi) is 13.3. The highest BCUT2D eigenvalue weighted by Gasteiger charge is 2.22. The number of aromatic nitrogens is 7. The molecule has 18 nitrogen and oxygen atoms in total. The van der Waals surface area contributed by atoms with Crippen molar-refractivity contribution in [2.45, 2.75) is 51.2 Å². The molecule has 2 amide bonds. The molecule has 0 aliphatic carbocycles. The van der Waals surface area contributed by atoms with Gasteiger partial charge >= 0.3 is 5.97 Å². The molecule has 256 valence electrons. The molecule has 18 heteroatoms. The fourth-order valence-electron chi connectivity index (χ4n) is 4.47. The number of nitrogens with two attached hydrogens (primary N) is 1. The molecule has 0 bridgehead atoms. The van der Waals surface area contributed by atoms with Gasteiger partial charge in [-0.1, -0.05) is 5.21 Å². The summed E-state index contributed by atoms with van der Waals surface area (Å²) in [6.45, 7) is 2.85. The number of amides is 2. The van der Waals surface area contributed by atoms with E-state index in [0.29, 0.717) is 57.1 Å². The van der Waals surface area contributed by atoms with Gasteiger partial charge in [-0.15, -0.1) is 5.10 Å². The summed E-state index contributed by atoms with van der Waals surface area (Å²) in [7, 11) is 1.62. The molecule has 48 heavy (non-hydrogen) atoms. The van der Waals surface area contributed by atoms with E-state index in [0.717, 1.165) is 12.1 Å². The average molecular weight is 666 g/mol. The summed E-state index contributed by atoms with van der Waals surface area (Å²) < 4.78 is 12.1. The smallest absolute Gasteiger partial charge is 0.326 e. The van der Waals surface area contributed by atoms with Crippen LogP contribution in [0.2, 0.25) is 0 Å². The van der Waals surface area contributed by atoms with Gasteiger partial charge in [0.15, 0.2) is 11.2 Å². The summed E-state index contributed by atoms with van der Waals surface area (Å²) in [4.78, 5) is 63.6. The number of aromatic amines is 1. The second kappa shape index (κ2) is 18.0. The third-order valence-corrected chi connectivity index (χ3v) is 7.03. The summed E-state index contributed by atoms with van der Waals surface area (Å²) in [5.41, 5.74) is 7.45. The minimum atomic E-state index is -1.24. The van der Waals surface area contributed by atoms with Crippen LogP contribution in [0.15, 0.2) is 41.5 Å². The molecule has 3 aromatic heterocycles. The zero-order valence-electron chi connectivity index (χ0n) is 26.5. The van der Waals surface area contributed by atoms with Crippen LogP contribution in [-0.4, -0.2) is 97.3 Å². The highest BCUT2D eigenvalue weighted by Crippen LogP contribution is 2.12. The molecular formula is C30H39N11O7. The maximum atomic E-state index is 12.7. The second-order valence-electron chi connectivity index (χ2n) is 10.7. The predicted octanol–water partition coefficient (Wildman–Crippen LogP) is 0.264. The van der Waals surface area contributed by atoms with Gasteiger partial charge in [-0.2, -0.15) is 4.98 Å². The molecule has 0 fully saturated rings. The molecule has 4 rings (SSSR count). The molecule has 1 aromatic carbocycles. The van der Waals surface area contributed by atoms with E-state index in [9.17, 15) is 24.3 Å². The number of aliphatic carboxylic acids is 1. The number of unbranched alkanes of at least 4 members (excludes halogenated alkanes) is 1. The van der Waals surface area contributed by atoms with Crippen molar-refractivity contribution in [3.8, 4) is 0 Å². The summed E-state index contributed by atoms with van der Waals surface area (Å²) in [5.74, 6) is -2.17. The molecule has 0 unspecified atom stereocenters. The molecule has 0 saturated carbocycles. The summed E-state index contributed by atoms with van der Waals surface area (Å²) >= 11 is 0. The number of rotatable bonds is 20. The maximum Gasteiger partial charge on any atom is 0.326 e. The first-order valence-electron chi connectivity index (χ1n) is 15.3. The Bertz CT molecular complexity index is 1730. The largest absolute Gasteiger partial charge is 0.480 e. The number of fused-ring (bicyclic) bond motifs is 1. The highest BCUT2D eigenvalue weighted by atomic mass is 16.5. The molecule has 0 aliphatic rings. The lowest BCUT2D eigenvalue weighted by Gasteiger charge is -2.15. The van der Waals surface area contributed by atoms with Crippen LogP contribution in [0.25, 0.3) is 11.2 Å². The van der Waals surface area contributed by atoms with Gasteiger partial charge in [0.25, 0.3) is 11.5 Å². The Labute approximate surface area is 274 Å². The number of carbonyl (C=O) groups is 3.